The summed E-state index contributed by atoms with van der Waals surface area (Å²) in [5.41, 5.74) is -0.771. The number of rotatable bonds is 4. The second-order valence-electron chi connectivity index (χ2n) is 5.25. The van der Waals surface area contributed by atoms with Crippen LogP contribution in [0.2, 0.25) is 0 Å². The zero-order valence-electron chi connectivity index (χ0n) is 12.9. The van der Waals surface area contributed by atoms with Gasteiger partial charge in [-0.1, -0.05) is 0 Å². The van der Waals surface area contributed by atoms with Crippen LogP contribution in [0.3, 0.4) is 0 Å². The predicted octanol–water partition coefficient (Wildman–Crippen LogP) is 2.09. The molecule has 0 aliphatic carbocycles. The van der Waals surface area contributed by atoms with Gasteiger partial charge in [-0.3, -0.25) is 29.8 Å². The number of benzene rings is 2. The van der Waals surface area contributed by atoms with Gasteiger partial charge < -0.3 is 15.4 Å². The number of ether oxygens (including phenoxy) is 1. The molecule has 1 heterocycles. The minimum atomic E-state index is -0.824. The normalized spacial score (nSPS) is 12.4. The Labute approximate surface area is 144 Å². The van der Waals surface area contributed by atoms with E-state index in [1.165, 1.54) is 18.2 Å². The van der Waals surface area contributed by atoms with Crippen LogP contribution in [0.5, 0.6) is 5.75 Å². The summed E-state index contributed by atoms with van der Waals surface area (Å²) in [6, 6.07) is 7.11. The lowest BCUT2D eigenvalue weighted by atomic mass is 10.1. The standard InChI is InChI=1S/C15H10N4O7/c20-14-7-26-13-2-1-9(5-12(13)17-14)16-15(21)8-3-10(18(22)23)6-11(4-8)19(24)25/h1-6H,7H2,(H,16,21)(H,17,20). The largest absolute Gasteiger partial charge is 0.482 e. The fourth-order valence-electron chi connectivity index (χ4n) is 2.30. The van der Waals surface area contributed by atoms with E-state index in [1.54, 1.807) is 0 Å². The van der Waals surface area contributed by atoms with Gasteiger partial charge in [0.15, 0.2) is 6.61 Å². The van der Waals surface area contributed by atoms with Crippen molar-refractivity contribution < 1.29 is 24.2 Å². The average Bonchev–Trinajstić information content (AvgIpc) is 2.60. The third kappa shape index (κ3) is 3.40. The number of hydrogen-bond acceptors (Lipinski definition) is 7. The molecule has 0 saturated carbocycles. The molecule has 2 aromatic rings. The number of nitro groups is 2. The molecule has 26 heavy (non-hydrogen) atoms. The van der Waals surface area contributed by atoms with Crippen molar-refractivity contribution in [2.45, 2.75) is 0 Å². The minimum absolute atomic E-state index is 0.115. The SMILES string of the molecule is O=C1COc2ccc(NC(=O)c3cc([N+](=O)[O-])cc([N+](=O)[O-])c3)cc2N1. The van der Waals surface area contributed by atoms with Crippen LogP contribution in [-0.4, -0.2) is 28.3 Å². The molecule has 0 fully saturated rings. The van der Waals surface area contributed by atoms with Crippen molar-refractivity contribution in [1.82, 2.24) is 0 Å². The number of anilines is 2. The van der Waals surface area contributed by atoms with Crippen molar-refractivity contribution in [1.29, 1.82) is 0 Å². The summed E-state index contributed by atoms with van der Waals surface area (Å²) < 4.78 is 5.19. The van der Waals surface area contributed by atoms with E-state index in [0.29, 0.717) is 11.4 Å². The Balaban J connectivity index is 1.88. The molecule has 1 aliphatic heterocycles. The van der Waals surface area contributed by atoms with E-state index in [0.717, 1.165) is 18.2 Å². The number of nitrogens with zero attached hydrogens (tertiary/aromatic N) is 2. The Morgan fingerprint density at radius 2 is 1.73 bits per heavy atom. The molecule has 2 amide bonds. The highest BCUT2D eigenvalue weighted by Gasteiger charge is 2.21. The number of carbonyl (C=O) groups excluding carboxylic acids is 2. The summed E-state index contributed by atoms with van der Waals surface area (Å²) in [5, 5.41) is 26.8. The van der Waals surface area contributed by atoms with Crippen molar-refractivity contribution in [3.8, 4) is 5.75 Å². The first kappa shape index (κ1) is 16.8. The second kappa shape index (κ2) is 6.47. The van der Waals surface area contributed by atoms with Gasteiger partial charge in [-0.15, -0.1) is 0 Å². The molecule has 11 nitrogen and oxygen atoms in total. The number of nitrogens with one attached hydrogen (secondary N) is 2. The van der Waals surface area contributed by atoms with E-state index in [1.807, 2.05) is 0 Å². The van der Waals surface area contributed by atoms with Crippen LogP contribution in [0.1, 0.15) is 10.4 Å². The maximum absolute atomic E-state index is 12.3. The number of non-ortho nitro benzene ring substituents is 2. The number of hydrogen-bond donors (Lipinski definition) is 2. The molecule has 11 heteroatoms. The third-order valence-corrected chi connectivity index (χ3v) is 3.46. The molecule has 0 unspecified atom stereocenters. The molecular formula is C15H10N4O7. The molecule has 1 aliphatic rings. The topological polar surface area (TPSA) is 154 Å². The summed E-state index contributed by atoms with van der Waals surface area (Å²) in [6.45, 7) is -0.115. The molecular weight excluding hydrogens is 348 g/mol. The van der Waals surface area contributed by atoms with Gasteiger partial charge >= 0.3 is 0 Å². The van der Waals surface area contributed by atoms with Crippen molar-refractivity contribution in [2.75, 3.05) is 17.2 Å². The van der Waals surface area contributed by atoms with Gasteiger partial charge in [-0.05, 0) is 18.2 Å². The van der Waals surface area contributed by atoms with E-state index >= 15 is 0 Å². The number of nitro benzene ring substituents is 2. The Morgan fingerprint density at radius 3 is 2.35 bits per heavy atom. The van der Waals surface area contributed by atoms with Crippen LogP contribution >= 0.6 is 0 Å². The monoisotopic (exact) mass is 358 g/mol. The molecule has 3 rings (SSSR count). The molecule has 2 aromatic carbocycles. The molecule has 2 N–H and O–H groups in total. The number of carbonyl (C=O) groups is 2. The first-order valence-electron chi connectivity index (χ1n) is 7.15. The summed E-state index contributed by atoms with van der Waals surface area (Å²) in [5.74, 6) is -0.705. The lowest BCUT2D eigenvalue weighted by Crippen LogP contribution is -2.25. The van der Waals surface area contributed by atoms with Gasteiger partial charge in [0.05, 0.1) is 27.2 Å². The second-order valence-corrected chi connectivity index (χ2v) is 5.25. The van der Waals surface area contributed by atoms with Crippen molar-refractivity contribution in [2.24, 2.45) is 0 Å². The van der Waals surface area contributed by atoms with Crippen LogP contribution in [0.15, 0.2) is 36.4 Å². The number of fused-ring (bicyclic) bond motifs is 1. The van der Waals surface area contributed by atoms with Gasteiger partial charge in [-0.2, -0.15) is 0 Å². The Bertz CT molecular complexity index is 925. The summed E-state index contributed by atoms with van der Waals surface area (Å²) in [4.78, 5) is 43.8. The highest BCUT2D eigenvalue weighted by molar-refractivity contribution is 6.06. The highest BCUT2D eigenvalue weighted by Crippen LogP contribution is 2.31. The van der Waals surface area contributed by atoms with E-state index in [9.17, 15) is 29.8 Å². The van der Waals surface area contributed by atoms with Gasteiger partial charge in [0.2, 0.25) is 0 Å². The Kier molecular flexibility index (Phi) is 4.19. The summed E-state index contributed by atoms with van der Waals surface area (Å²) in [6.07, 6.45) is 0. The molecule has 0 atom stereocenters. The minimum Gasteiger partial charge on any atom is -0.482 e. The first-order valence-corrected chi connectivity index (χ1v) is 7.15. The predicted molar refractivity (Wildman–Crippen MR) is 88.3 cm³/mol. The van der Waals surface area contributed by atoms with Crippen LogP contribution in [0, 0.1) is 20.2 Å². The third-order valence-electron chi connectivity index (χ3n) is 3.46. The smallest absolute Gasteiger partial charge is 0.277 e. The molecule has 132 valence electrons. The van der Waals surface area contributed by atoms with Crippen LogP contribution in [0.25, 0.3) is 0 Å². The van der Waals surface area contributed by atoms with Crippen molar-refractivity contribution in [3.63, 3.8) is 0 Å². The average molecular weight is 358 g/mol. The van der Waals surface area contributed by atoms with E-state index in [2.05, 4.69) is 10.6 Å². The van der Waals surface area contributed by atoms with E-state index < -0.39 is 27.1 Å². The van der Waals surface area contributed by atoms with E-state index in [-0.39, 0.29) is 23.8 Å². The van der Waals surface area contributed by atoms with Gasteiger partial charge in [0.1, 0.15) is 5.75 Å². The molecule has 0 aromatic heterocycles. The summed E-state index contributed by atoms with van der Waals surface area (Å²) >= 11 is 0. The first-order chi connectivity index (χ1) is 12.3. The fraction of sp³-hybridized carbons (Fsp3) is 0.0667. The maximum atomic E-state index is 12.3. The Morgan fingerprint density at radius 1 is 1.08 bits per heavy atom. The van der Waals surface area contributed by atoms with Gasteiger partial charge in [-0.25, -0.2) is 0 Å². The zero-order chi connectivity index (χ0) is 18.8. The fourth-order valence-corrected chi connectivity index (χ4v) is 2.30. The van der Waals surface area contributed by atoms with Crippen LogP contribution < -0.4 is 15.4 Å². The lowest BCUT2D eigenvalue weighted by Gasteiger charge is -2.18. The lowest BCUT2D eigenvalue weighted by molar-refractivity contribution is -0.394. The van der Waals surface area contributed by atoms with Gasteiger partial charge in [0, 0.05) is 17.8 Å². The summed E-state index contributed by atoms with van der Waals surface area (Å²) in [7, 11) is 0. The van der Waals surface area contributed by atoms with E-state index in [4.69, 9.17) is 4.74 Å². The maximum Gasteiger partial charge on any atom is 0.277 e. The highest BCUT2D eigenvalue weighted by atomic mass is 16.6. The van der Waals surface area contributed by atoms with Crippen molar-refractivity contribution >= 4 is 34.6 Å². The molecule has 0 radical (unpaired) electrons. The zero-order valence-corrected chi connectivity index (χ0v) is 12.9. The molecule has 0 bridgehead atoms. The molecule has 0 spiro atoms. The van der Waals surface area contributed by atoms with Crippen molar-refractivity contribution in [3.05, 3.63) is 62.2 Å². The number of amides is 2. The van der Waals surface area contributed by atoms with Gasteiger partial charge in [0.25, 0.3) is 23.2 Å². The quantitative estimate of drug-likeness (QED) is 0.626. The Hall–Kier alpha value is -4.02. The van der Waals surface area contributed by atoms with Crippen LogP contribution in [0.4, 0.5) is 22.7 Å². The molecule has 0 saturated heterocycles. The van der Waals surface area contributed by atoms with Crippen LogP contribution in [-0.2, 0) is 4.79 Å².